The third kappa shape index (κ3) is 4.43. The highest BCUT2D eigenvalue weighted by Gasteiger charge is 2.39. The van der Waals surface area contributed by atoms with Crippen LogP contribution >= 0.6 is 11.8 Å². The Hall–Kier alpha value is -1.95. The monoisotopic (exact) mass is 448 g/mol. The summed E-state index contributed by atoms with van der Waals surface area (Å²) in [6.45, 7) is 12.6. The lowest BCUT2D eigenvalue weighted by Crippen LogP contribution is -2.36. The van der Waals surface area contributed by atoms with Crippen LogP contribution in [0.1, 0.15) is 44.2 Å². The lowest BCUT2D eigenvalue weighted by molar-refractivity contribution is 0.278. The van der Waals surface area contributed by atoms with E-state index in [2.05, 4.69) is 88.2 Å². The number of rotatable bonds is 9. The predicted molar refractivity (Wildman–Crippen MR) is 137 cm³/mol. The number of benzene rings is 2. The first-order valence-corrected chi connectivity index (χ1v) is 13.2. The normalized spacial score (nSPS) is 20.2. The molecular weight excluding hydrogens is 412 g/mol. The molecular formula is C27H36N4S. The summed E-state index contributed by atoms with van der Waals surface area (Å²) in [5.74, 6) is 0. The molecule has 5 heteroatoms. The maximum absolute atomic E-state index is 2.63. The van der Waals surface area contributed by atoms with Crippen LogP contribution in [-0.4, -0.2) is 59.5 Å². The number of para-hydroxylation sites is 1. The number of fused-ring (bicyclic) bond motifs is 3. The molecule has 0 saturated carbocycles. The Bertz CT molecular complexity index is 931. The van der Waals surface area contributed by atoms with Crippen molar-refractivity contribution in [2.75, 3.05) is 44.2 Å². The van der Waals surface area contributed by atoms with Gasteiger partial charge in [-0.1, -0.05) is 62.0 Å². The molecule has 0 aromatic heterocycles. The molecule has 170 valence electrons. The van der Waals surface area contributed by atoms with Crippen LogP contribution < -0.4 is 4.90 Å². The van der Waals surface area contributed by atoms with Gasteiger partial charge < -0.3 is 14.7 Å². The van der Waals surface area contributed by atoms with Gasteiger partial charge in [0.15, 0.2) is 5.50 Å². The first-order chi connectivity index (χ1) is 15.8. The highest BCUT2D eigenvalue weighted by molar-refractivity contribution is 8.00. The summed E-state index contributed by atoms with van der Waals surface area (Å²) in [6.07, 6.45) is 6.28. The second kappa shape index (κ2) is 9.90. The molecule has 1 atom stereocenters. The third-order valence-electron chi connectivity index (χ3n) is 7.07. The standard InChI is InChI=1S/C27H36N4S/c1-3-28(4-2)18-9-19-30-25(21-31-24-10-5-6-11-26(24)32-27(30)31)23-14-12-22(13-15-23)20-29-16-7-8-17-29/h5-6,10-15,21,27H,3-4,7-9,16-20H2,1-2H3. The lowest BCUT2D eigenvalue weighted by Gasteiger charge is -2.30. The average Bonchev–Trinajstić information content (AvgIpc) is 3.54. The molecule has 1 saturated heterocycles. The van der Waals surface area contributed by atoms with Crippen LogP contribution in [0.3, 0.4) is 0 Å². The highest BCUT2D eigenvalue weighted by Crippen LogP contribution is 2.50. The van der Waals surface area contributed by atoms with E-state index in [1.54, 1.807) is 0 Å². The van der Waals surface area contributed by atoms with E-state index in [4.69, 9.17) is 0 Å². The molecule has 0 aliphatic carbocycles. The summed E-state index contributed by atoms with van der Waals surface area (Å²) in [6, 6.07) is 18.2. The predicted octanol–water partition coefficient (Wildman–Crippen LogP) is 5.52. The fraction of sp³-hybridized carbons (Fsp3) is 0.481. The Morgan fingerprint density at radius 1 is 0.969 bits per heavy atom. The van der Waals surface area contributed by atoms with Crippen LogP contribution in [-0.2, 0) is 6.54 Å². The van der Waals surface area contributed by atoms with E-state index >= 15 is 0 Å². The van der Waals surface area contributed by atoms with Crippen LogP contribution in [0.25, 0.3) is 5.70 Å². The molecule has 1 fully saturated rings. The molecule has 2 aromatic rings. The van der Waals surface area contributed by atoms with Crippen LogP contribution in [0.5, 0.6) is 0 Å². The average molecular weight is 449 g/mol. The van der Waals surface area contributed by atoms with Crippen molar-refractivity contribution in [3.63, 3.8) is 0 Å². The molecule has 32 heavy (non-hydrogen) atoms. The summed E-state index contributed by atoms with van der Waals surface area (Å²) in [5.41, 5.74) is 5.82. The van der Waals surface area contributed by atoms with Crippen molar-refractivity contribution in [2.45, 2.75) is 50.0 Å². The highest BCUT2D eigenvalue weighted by atomic mass is 32.2. The Morgan fingerprint density at radius 3 is 2.47 bits per heavy atom. The van der Waals surface area contributed by atoms with E-state index in [-0.39, 0.29) is 0 Å². The number of thioether (sulfide) groups is 1. The zero-order chi connectivity index (χ0) is 21.9. The fourth-order valence-corrected chi connectivity index (χ4v) is 6.50. The number of anilines is 1. The van der Waals surface area contributed by atoms with Crippen molar-refractivity contribution in [1.29, 1.82) is 0 Å². The molecule has 3 aliphatic heterocycles. The SMILES string of the molecule is CCN(CC)CCCN1C(c2ccc(CN3CCCC3)cc2)=CN2c3ccccc3SC12. The number of hydrogen-bond donors (Lipinski definition) is 0. The number of likely N-dealkylation sites (tertiary alicyclic amines) is 1. The first kappa shape index (κ1) is 21.9. The van der Waals surface area contributed by atoms with Gasteiger partial charge in [-0.15, -0.1) is 0 Å². The zero-order valence-electron chi connectivity index (χ0n) is 19.5. The van der Waals surface area contributed by atoms with E-state index in [9.17, 15) is 0 Å². The number of nitrogens with zero attached hydrogens (tertiary/aromatic N) is 4. The Balaban J connectivity index is 1.35. The van der Waals surface area contributed by atoms with Crippen molar-refractivity contribution < 1.29 is 0 Å². The second-order valence-corrected chi connectivity index (χ2v) is 10.2. The molecule has 5 rings (SSSR count). The number of hydrogen-bond acceptors (Lipinski definition) is 5. The molecule has 0 amide bonds. The summed E-state index contributed by atoms with van der Waals surface area (Å²) >= 11 is 1.99. The van der Waals surface area contributed by atoms with Gasteiger partial charge >= 0.3 is 0 Å². The summed E-state index contributed by atoms with van der Waals surface area (Å²) in [7, 11) is 0. The van der Waals surface area contributed by atoms with Gasteiger partial charge in [0.25, 0.3) is 0 Å². The van der Waals surface area contributed by atoms with Gasteiger partial charge in [0.05, 0.1) is 11.4 Å². The summed E-state index contributed by atoms with van der Waals surface area (Å²) < 4.78 is 0. The minimum atomic E-state index is 0.336. The van der Waals surface area contributed by atoms with Crippen LogP contribution in [0, 0.1) is 0 Å². The minimum Gasteiger partial charge on any atom is -0.340 e. The smallest absolute Gasteiger partial charge is 0.159 e. The van der Waals surface area contributed by atoms with Crippen molar-refractivity contribution in [1.82, 2.24) is 14.7 Å². The van der Waals surface area contributed by atoms with E-state index < -0.39 is 0 Å². The van der Waals surface area contributed by atoms with E-state index in [0.717, 1.165) is 32.7 Å². The third-order valence-corrected chi connectivity index (χ3v) is 8.37. The second-order valence-electron chi connectivity index (χ2n) is 9.09. The van der Waals surface area contributed by atoms with E-state index in [0.29, 0.717) is 5.50 Å². The maximum atomic E-state index is 2.63. The Labute approximate surface area is 197 Å². The van der Waals surface area contributed by atoms with Gasteiger partial charge in [-0.25, -0.2) is 0 Å². The van der Waals surface area contributed by atoms with Gasteiger partial charge in [0.2, 0.25) is 0 Å². The molecule has 0 radical (unpaired) electrons. The van der Waals surface area contributed by atoms with Crippen molar-refractivity contribution in [3.8, 4) is 0 Å². The molecule has 3 aliphatic rings. The van der Waals surface area contributed by atoms with Gasteiger partial charge in [-0.2, -0.15) is 0 Å². The fourth-order valence-electron chi connectivity index (χ4n) is 5.19. The van der Waals surface area contributed by atoms with Crippen molar-refractivity contribution in [2.24, 2.45) is 0 Å². The van der Waals surface area contributed by atoms with Gasteiger partial charge in [0, 0.05) is 24.2 Å². The van der Waals surface area contributed by atoms with Crippen LogP contribution in [0.4, 0.5) is 5.69 Å². The van der Waals surface area contributed by atoms with Gasteiger partial charge in [0.1, 0.15) is 0 Å². The van der Waals surface area contributed by atoms with Crippen molar-refractivity contribution >= 4 is 23.1 Å². The van der Waals surface area contributed by atoms with Crippen molar-refractivity contribution in [3.05, 3.63) is 65.9 Å². The Kier molecular flexibility index (Phi) is 6.77. The summed E-state index contributed by atoms with van der Waals surface area (Å²) in [5, 5.41) is 0. The quantitative estimate of drug-likeness (QED) is 0.499. The largest absolute Gasteiger partial charge is 0.340 e. The molecule has 2 aromatic carbocycles. The first-order valence-electron chi connectivity index (χ1n) is 12.3. The van der Waals surface area contributed by atoms with E-state index in [1.807, 2.05) is 11.8 Å². The van der Waals surface area contributed by atoms with Gasteiger partial charge in [-0.05, 0) is 75.2 Å². The van der Waals surface area contributed by atoms with Crippen LogP contribution in [0.15, 0.2) is 59.6 Å². The lowest BCUT2D eigenvalue weighted by atomic mass is 10.1. The minimum absolute atomic E-state index is 0.336. The zero-order valence-corrected chi connectivity index (χ0v) is 20.4. The molecule has 0 bridgehead atoms. The van der Waals surface area contributed by atoms with E-state index in [1.165, 1.54) is 59.8 Å². The van der Waals surface area contributed by atoms with Crippen LogP contribution in [0.2, 0.25) is 0 Å². The summed E-state index contributed by atoms with van der Waals surface area (Å²) in [4.78, 5) is 11.6. The molecule has 0 spiro atoms. The molecule has 1 unspecified atom stereocenters. The maximum Gasteiger partial charge on any atom is 0.159 e. The molecule has 3 heterocycles. The topological polar surface area (TPSA) is 13.0 Å². The molecule has 4 nitrogen and oxygen atoms in total. The molecule has 0 N–H and O–H groups in total. The Morgan fingerprint density at radius 2 is 1.72 bits per heavy atom. The van der Waals surface area contributed by atoms with Gasteiger partial charge in [-0.3, -0.25) is 4.90 Å².